The first kappa shape index (κ1) is 15.8. The van der Waals surface area contributed by atoms with E-state index in [1.54, 1.807) is 31.2 Å². The largest absolute Gasteiger partial charge is 0.458 e. The van der Waals surface area contributed by atoms with Crippen LogP contribution in [0.4, 0.5) is 0 Å². The fourth-order valence-corrected chi connectivity index (χ4v) is 1.21. The summed E-state index contributed by atoms with van der Waals surface area (Å²) in [7, 11) is 0. The number of ether oxygens (including phenoxy) is 1. The summed E-state index contributed by atoms with van der Waals surface area (Å²) in [4.78, 5) is 11.8. The molecular formula is C15H19N3O2. The van der Waals surface area contributed by atoms with Crippen molar-refractivity contribution in [2.75, 3.05) is 6.61 Å². The zero-order valence-corrected chi connectivity index (χ0v) is 12.3. The summed E-state index contributed by atoms with van der Waals surface area (Å²) in [5.41, 5.74) is -1.10. The fourth-order valence-electron chi connectivity index (χ4n) is 1.21. The van der Waals surface area contributed by atoms with Crippen molar-refractivity contribution in [2.24, 2.45) is 10.2 Å². The SMILES string of the molecule is CC(C)(C)N=NC(C)(C#N)COC(=O)c1ccccc1. The van der Waals surface area contributed by atoms with Crippen LogP contribution >= 0.6 is 0 Å². The summed E-state index contributed by atoms with van der Waals surface area (Å²) < 4.78 is 5.13. The predicted octanol–water partition coefficient (Wildman–Crippen LogP) is 3.38. The molecule has 0 N–H and O–H groups in total. The summed E-state index contributed by atoms with van der Waals surface area (Å²) in [6.45, 7) is 7.09. The van der Waals surface area contributed by atoms with E-state index in [1.165, 1.54) is 0 Å². The van der Waals surface area contributed by atoms with E-state index in [9.17, 15) is 10.1 Å². The van der Waals surface area contributed by atoms with Gasteiger partial charge in [0.1, 0.15) is 6.61 Å². The Labute approximate surface area is 119 Å². The zero-order valence-electron chi connectivity index (χ0n) is 12.3. The van der Waals surface area contributed by atoms with Crippen LogP contribution in [0.3, 0.4) is 0 Å². The lowest BCUT2D eigenvalue weighted by atomic mass is 10.1. The Morgan fingerprint density at radius 3 is 2.30 bits per heavy atom. The van der Waals surface area contributed by atoms with Crippen LogP contribution in [0.1, 0.15) is 38.1 Å². The summed E-state index contributed by atoms with van der Waals surface area (Å²) >= 11 is 0. The molecular weight excluding hydrogens is 254 g/mol. The van der Waals surface area contributed by atoms with Gasteiger partial charge >= 0.3 is 5.97 Å². The van der Waals surface area contributed by atoms with Gasteiger partial charge in [-0.25, -0.2) is 4.79 Å². The third-order valence-electron chi connectivity index (χ3n) is 2.31. The number of hydrogen-bond acceptors (Lipinski definition) is 5. The second-order valence-corrected chi connectivity index (χ2v) is 5.70. The number of nitriles is 1. The molecule has 0 saturated heterocycles. The van der Waals surface area contributed by atoms with E-state index in [0.29, 0.717) is 5.56 Å². The van der Waals surface area contributed by atoms with Crippen LogP contribution in [0, 0.1) is 11.3 Å². The summed E-state index contributed by atoms with van der Waals surface area (Å²) in [5.74, 6) is -0.474. The number of nitrogens with zero attached hydrogens (tertiary/aromatic N) is 3. The highest BCUT2D eigenvalue weighted by Gasteiger charge is 2.27. The van der Waals surface area contributed by atoms with Crippen LogP contribution < -0.4 is 0 Å². The number of hydrogen-bond donors (Lipinski definition) is 0. The number of rotatable bonds is 4. The molecule has 0 aromatic heterocycles. The number of carbonyl (C=O) groups excluding carboxylic acids is 1. The van der Waals surface area contributed by atoms with Crippen molar-refractivity contribution in [3.05, 3.63) is 35.9 Å². The zero-order chi connectivity index (χ0) is 15.2. The van der Waals surface area contributed by atoms with E-state index >= 15 is 0 Å². The minimum atomic E-state index is -1.17. The van der Waals surface area contributed by atoms with Gasteiger partial charge in [-0.2, -0.15) is 15.5 Å². The van der Waals surface area contributed by atoms with Gasteiger partial charge in [-0.05, 0) is 39.8 Å². The molecule has 106 valence electrons. The van der Waals surface area contributed by atoms with Crippen LogP contribution in [0.5, 0.6) is 0 Å². The average Bonchev–Trinajstić information content (AvgIpc) is 2.43. The molecule has 1 aromatic carbocycles. The minimum Gasteiger partial charge on any atom is -0.458 e. The average molecular weight is 273 g/mol. The molecule has 0 fully saturated rings. The van der Waals surface area contributed by atoms with E-state index in [1.807, 2.05) is 32.9 Å². The lowest BCUT2D eigenvalue weighted by Crippen LogP contribution is -2.29. The van der Waals surface area contributed by atoms with Gasteiger partial charge in [0.15, 0.2) is 5.54 Å². The standard InChI is InChI=1S/C15H19N3O2/c1-14(2,3)17-18-15(4,10-16)11-20-13(19)12-8-6-5-7-9-12/h5-9H,11H2,1-4H3. The van der Waals surface area contributed by atoms with Gasteiger partial charge in [-0.3, -0.25) is 0 Å². The maximum absolute atomic E-state index is 11.8. The highest BCUT2D eigenvalue weighted by molar-refractivity contribution is 5.89. The quantitative estimate of drug-likeness (QED) is 0.623. The molecule has 5 heteroatoms. The van der Waals surface area contributed by atoms with Gasteiger partial charge in [-0.15, -0.1) is 0 Å². The molecule has 0 saturated carbocycles. The topological polar surface area (TPSA) is 74.8 Å². The molecule has 0 aliphatic heterocycles. The molecule has 0 amide bonds. The van der Waals surface area contributed by atoms with Crippen LogP contribution in [0.15, 0.2) is 40.6 Å². The molecule has 0 radical (unpaired) electrons. The van der Waals surface area contributed by atoms with E-state index in [4.69, 9.17) is 4.74 Å². The van der Waals surface area contributed by atoms with E-state index < -0.39 is 11.5 Å². The monoisotopic (exact) mass is 273 g/mol. The van der Waals surface area contributed by atoms with Gasteiger partial charge in [0, 0.05) is 0 Å². The van der Waals surface area contributed by atoms with Gasteiger partial charge in [-0.1, -0.05) is 18.2 Å². The molecule has 0 heterocycles. The third kappa shape index (κ3) is 5.19. The molecule has 0 bridgehead atoms. The van der Waals surface area contributed by atoms with Gasteiger partial charge in [0.05, 0.1) is 17.2 Å². The van der Waals surface area contributed by atoms with Crippen LogP contribution in [0.2, 0.25) is 0 Å². The normalized spacial score (nSPS) is 14.6. The first-order chi connectivity index (χ1) is 9.26. The first-order valence-electron chi connectivity index (χ1n) is 6.33. The van der Waals surface area contributed by atoms with Crippen LogP contribution in [-0.2, 0) is 4.74 Å². The molecule has 1 aromatic rings. The number of benzene rings is 1. The van der Waals surface area contributed by atoms with Crippen LogP contribution in [-0.4, -0.2) is 23.7 Å². The van der Waals surface area contributed by atoms with Gasteiger partial charge in [0.25, 0.3) is 0 Å². The van der Waals surface area contributed by atoms with Gasteiger partial charge < -0.3 is 4.74 Å². The Hall–Kier alpha value is -2.22. The minimum absolute atomic E-state index is 0.128. The predicted molar refractivity (Wildman–Crippen MR) is 75.4 cm³/mol. The second-order valence-electron chi connectivity index (χ2n) is 5.70. The maximum Gasteiger partial charge on any atom is 0.338 e. The second kappa shape index (κ2) is 6.29. The first-order valence-corrected chi connectivity index (χ1v) is 6.33. The van der Waals surface area contributed by atoms with Gasteiger partial charge in [0.2, 0.25) is 0 Å². The summed E-state index contributed by atoms with van der Waals surface area (Å²) in [6, 6.07) is 10.6. The lowest BCUT2D eigenvalue weighted by Gasteiger charge is -2.18. The molecule has 1 unspecified atom stereocenters. The Morgan fingerprint density at radius 1 is 1.20 bits per heavy atom. The van der Waals surface area contributed by atoms with Crippen molar-refractivity contribution in [3.8, 4) is 6.07 Å². The van der Waals surface area contributed by atoms with Crippen molar-refractivity contribution >= 4 is 5.97 Å². The smallest absolute Gasteiger partial charge is 0.338 e. The number of carbonyl (C=O) groups is 1. The van der Waals surface area contributed by atoms with Crippen molar-refractivity contribution in [1.82, 2.24) is 0 Å². The van der Waals surface area contributed by atoms with Crippen molar-refractivity contribution < 1.29 is 9.53 Å². The molecule has 5 nitrogen and oxygen atoms in total. The Kier molecular flexibility index (Phi) is 4.98. The highest BCUT2D eigenvalue weighted by Crippen LogP contribution is 2.16. The maximum atomic E-state index is 11.8. The van der Waals surface area contributed by atoms with Crippen molar-refractivity contribution in [2.45, 2.75) is 38.8 Å². The number of azo groups is 1. The lowest BCUT2D eigenvalue weighted by molar-refractivity contribution is 0.0452. The Balaban J connectivity index is 2.69. The highest BCUT2D eigenvalue weighted by atomic mass is 16.5. The summed E-state index contributed by atoms with van der Waals surface area (Å²) in [6.07, 6.45) is 0. The number of esters is 1. The molecule has 1 atom stereocenters. The van der Waals surface area contributed by atoms with Crippen LogP contribution in [0.25, 0.3) is 0 Å². The van der Waals surface area contributed by atoms with E-state index in [-0.39, 0.29) is 12.1 Å². The Bertz CT molecular complexity index is 526. The third-order valence-corrected chi connectivity index (χ3v) is 2.31. The molecule has 0 aliphatic carbocycles. The van der Waals surface area contributed by atoms with Crippen molar-refractivity contribution in [1.29, 1.82) is 5.26 Å². The summed E-state index contributed by atoms with van der Waals surface area (Å²) in [5, 5.41) is 17.2. The molecule has 0 aliphatic rings. The molecule has 20 heavy (non-hydrogen) atoms. The van der Waals surface area contributed by atoms with E-state index in [0.717, 1.165) is 0 Å². The molecule has 1 rings (SSSR count). The molecule has 0 spiro atoms. The fraction of sp³-hybridized carbons (Fsp3) is 0.467. The van der Waals surface area contributed by atoms with Crippen molar-refractivity contribution in [3.63, 3.8) is 0 Å². The Morgan fingerprint density at radius 2 is 1.80 bits per heavy atom. The van der Waals surface area contributed by atoms with E-state index in [2.05, 4.69) is 10.2 Å².